The zero-order valence-corrected chi connectivity index (χ0v) is 7.78. The second-order valence-corrected chi connectivity index (χ2v) is 3.44. The van der Waals surface area contributed by atoms with Crippen LogP contribution in [-0.4, -0.2) is 25.4 Å². The Balaban J connectivity index is 0. The predicted octanol–water partition coefficient (Wildman–Crippen LogP) is 1.92. The summed E-state index contributed by atoms with van der Waals surface area (Å²) in [7, 11) is 0. The van der Waals surface area contributed by atoms with Crippen LogP contribution in [0.25, 0.3) is 0 Å². The molecule has 0 aromatic carbocycles. The molecule has 0 radical (unpaired) electrons. The van der Waals surface area contributed by atoms with Crippen LogP contribution in [-0.2, 0) is 0 Å². The van der Waals surface area contributed by atoms with E-state index in [1.54, 1.807) is 0 Å². The van der Waals surface area contributed by atoms with Crippen molar-refractivity contribution in [2.24, 2.45) is 0 Å². The highest BCUT2D eigenvalue weighted by molar-refractivity contribution is 4.79. The Kier molecular flexibility index (Phi) is 4.54. The molecule has 0 heterocycles. The van der Waals surface area contributed by atoms with Crippen LogP contribution in [0.15, 0.2) is 0 Å². The Morgan fingerprint density at radius 3 is 2.08 bits per heavy atom. The van der Waals surface area contributed by atoms with Gasteiger partial charge in [0.25, 0.3) is 0 Å². The first kappa shape index (κ1) is 9.93. The molecule has 0 aromatic rings. The lowest BCUT2D eigenvalue weighted by Gasteiger charge is -2.28. The minimum Gasteiger partial charge on any atom is -0.314 e. The first-order chi connectivity index (χ1) is 5.86. The van der Waals surface area contributed by atoms with Crippen LogP contribution in [0.3, 0.4) is 0 Å². The van der Waals surface area contributed by atoms with Crippen LogP contribution in [0.5, 0.6) is 0 Å². The molecule has 76 valence electrons. The maximum atomic E-state index is 11.9. The summed E-state index contributed by atoms with van der Waals surface area (Å²) in [6, 6.07) is 1.09. The van der Waals surface area contributed by atoms with E-state index in [9.17, 15) is 4.39 Å². The molecule has 0 bridgehead atoms. The first-order valence-electron chi connectivity index (χ1n) is 4.89. The van der Waals surface area contributed by atoms with Gasteiger partial charge in [0.05, 0.1) is 0 Å². The van der Waals surface area contributed by atoms with E-state index in [-0.39, 0.29) is 9.65 Å². The van der Waals surface area contributed by atoms with Crippen molar-refractivity contribution in [2.75, 3.05) is 13.3 Å². The predicted molar refractivity (Wildman–Crippen MR) is 53.1 cm³/mol. The van der Waals surface area contributed by atoms with E-state index in [1.807, 2.05) is 0 Å². The minimum atomic E-state index is -0.378. The van der Waals surface area contributed by atoms with Crippen molar-refractivity contribution in [2.45, 2.75) is 44.7 Å². The lowest BCUT2D eigenvalue weighted by Crippen LogP contribution is -2.39. The molecule has 1 fully saturated rings. The third kappa shape index (κ3) is 3.07. The Bertz CT molecular complexity index is 105. The highest BCUT2D eigenvalue weighted by Crippen LogP contribution is 2.18. The van der Waals surface area contributed by atoms with Gasteiger partial charge in [-0.3, -0.25) is 5.32 Å². The molecule has 0 amide bonds. The molecule has 0 atom stereocenters. The van der Waals surface area contributed by atoms with E-state index in [2.05, 4.69) is 17.6 Å². The van der Waals surface area contributed by atoms with E-state index in [1.165, 1.54) is 12.8 Å². The number of nitrogens with one attached hydrogen (secondary N) is 2. The summed E-state index contributed by atoms with van der Waals surface area (Å²) in [5.41, 5.74) is 0. The molecule has 0 unspecified atom stereocenters. The van der Waals surface area contributed by atoms with Gasteiger partial charge >= 0.3 is 0 Å². The van der Waals surface area contributed by atoms with Gasteiger partial charge in [0.2, 0.25) is 0 Å². The molecule has 12 heavy (non-hydrogen) atoms. The van der Waals surface area contributed by atoms with E-state index in [0.29, 0.717) is 12.1 Å². The smallest absolute Gasteiger partial charge is 0.140 e. The quantitative estimate of drug-likeness (QED) is 0.643. The largest absolute Gasteiger partial charge is 0.314 e. The van der Waals surface area contributed by atoms with Gasteiger partial charge in [0.15, 0.2) is 0 Å². The van der Waals surface area contributed by atoms with Crippen molar-refractivity contribution in [3.63, 3.8) is 0 Å². The standard InChI is InChI=1S/C9H19FN2.2H2/c1-2-11-8-3-5-9(6-4-8)12-7-10;;/h8-9,11-12H,2-7H2,1H3;2*1H. The Labute approximate surface area is 76.9 Å². The normalized spacial score (nSPS) is 30.5. The number of rotatable bonds is 4. The maximum absolute atomic E-state index is 11.9. The van der Waals surface area contributed by atoms with Gasteiger partial charge in [-0.1, -0.05) is 6.92 Å². The Hall–Kier alpha value is -0.150. The van der Waals surface area contributed by atoms with Crippen molar-refractivity contribution in [3.8, 4) is 0 Å². The molecule has 2 N–H and O–H groups in total. The van der Waals surface area contributed by atoms with Crippen molar-refractivity contribution >= 4 is 0 Å². The number of hydrogen-bond acceptors (Lipinski definition) is 2. The van der Waals surface area contributed by atoms with Gasteiger partial charge in [-0.25, -0.2) is 4.39 Å². The molecule has 0 aliphatic heterocycles. The van der Waals surface area contributed by atoms with Crippen LogP contribution >= 0.6 is 0 Å². The molecule has 3 heteroatoms. The third-order valence-corrected chi connectivity index (χ3v) is 2.59. The zero-order chi connectivity index (χ0) is 8.81. The average Bonchev–Trinajstić information content (AvgIpc) is 2.09. The van der Waals surface area contributed by atoms with Crippen LogP contribution in [0, 0.1) is 0 Å². The fourth-order valence-electron chi connectivity index (χ4n) is 1.90. The number of hydrogen-bond donors (Lipinski definition) is 2. The number of halogens is 1. The molecule has 1 aliphatic carbocycles. The summed E-state index contributed by atoms with van der Waals surface area (Å²) in [6.07, 6.45) is 4.60. The maximum Gasteiger partial charge on any atom is 0.140 e. The second kappa shape index (κ2) is 5.49. The first-order valence-corrected chi connectivity index (χ1v) is 4.89. The SMILES string of the molecule is CCNC1CCC(NCF)CC1.[HH].[HH]. The highest BCUT2D eigenvalue weighted by Gasteiger charge is 2.19. The third-order valence-electron chi connectivity index (χ3n) is 2.59. The number of alkyl halides is 1. The van der Waals surface area contributed by atoms with Gasteiger partial charge in [-0.15, -0.1) is 0 Å². The van der Waals surface area contributed by atoms with Crippen molar-refractivity contribution in [1.29, 1.82) is 0 Å². The summed E-state index contributed by atoms with van der Waals surface area (Å²) in [4.78, 5) is 0. The fourth-order valence-corrected chi connectivity index (χ4v) is 1.90. The van der Waals surface area contributed by atoms with Gasteiger partial charge in [0.1, 0.15) is 6.80 Å². The molecule has 1 saturated carbocycles. The molecule has 1 aliphatic rings. The summed E-state index contributed by atoms with van der Waals surface area (Å²) in [5.74, 6) is 0. The molecule has 2 nitrogen and oxygen atoms in total. The fraction of sp³-hybridized carbons (Fsp3) is 1.00. The van der Waals surface area contributed by atoms with E-state index in [4.69, 9.17) is 0 Å². The Morgan fingerprint density at radius 2 is 1.67 bits per heavy atom. The van der Waals surface area contributed by atoms with Crippen molar-refractivity contribution in [1.82, 2.24) is 10.6 Å². The molecule has 0 spiro atoms. The van der Waals surface area contributed by atoms with Crippen LogP contribution in [0.4, 0.5) is 4.39 Å². The molecular formula is C9H23FN2. The summed E-state index contributed by atoms with van der Waals surface area (Å²) in [6.45, 7) is 2.80. The topological polar surface area (TPSA) is 24.1 Å². The lowest BCUT2D eigenvalue weighted by atomic mass is 9.91. The van der Waals surface area contributed by atoms with Gasteiger partial charge in [-0.2, -0.15) is 0 Å². The monoisotopic (exact) mass is 178 g/mol. The highest BCUT2D eigenvalue weighted by atomic mass is 19.1. The molecular weight excluding hydrogens is 155 g/mol. The van der Waals surface area contributed by atoms with E-state index in [0.717, 1.165) is 19.4 Å². The van der Waals surface area contributed by atoms with Crippen molar-refractivity contribution in [3.05, 3.63) is 0 Å². The average molecular weight is 178 g/mol. The molecule has 0 aromatic heterocycles. The zero-order valence-electron chi connectivity index (χ0n) is 7.78. The summed E-state index contributed by atoms with van der Waals surface area (Å²) >= 11 is 0. The molecule has 1 rings (SSSR count). The van der Waals surface area contributed by atoms with Gasteiger partial charge in [-0.05, 0) is 32.2 Å². The summed E-state index contributed by atoms with van der Waals surface area (Å²) in [5, 5.41) is 6.28. The van der Waals surface area contributed by atoms with Crippen LogP contribution in [0.2, 0.25) is 0 Å². The molecule has 0 saturated heterocycles. The van der Waals surface area contributed by atoms with Gasteiger partial charge in [0, 0.05) is 14.9 Å². The van der Waals surface area contributed by atoms with E-state index >= 15 is 0 Å². The Morgan fingerprint density at radius 1 is 1.17 bits per heavy atom. The van der Waals surface area contributed by atoms with Crippen LogP contribution < -0.4 is 10.6 Å². The van der Waals surface area contributed by atoms with E-state index < -0.39 is 0 Å². The lowest BCUT2D eigenvalue weighted by molar-refractivity contribution is 0.280. The summed E-state index contributed by atoms with van der Waals surface area (Å²) < 4.78 is 11.9. The van der Waals surface area contributed by atoms with Crippen molar-refractivity contribution < 1.29 is 7.24 Å². The minimum absolute atomic E-state index is 0. The second-order valence-electron chi connectivity index (χ2n) is 3.44. The van der Waals surface area contributed by atoms with Gasteiger partial charge < -0.3 is 5.32 Å². The van der Waals surface area contributed by atoms with Crippen LogP contribution in [0.1, 0.15) is 35.5 Å².